The second kappa shape index (κ2) is 6.61. The number of likely N-dealkylation sites (tertiary alicyclic amines) is 1. The molecule has 0 bridgehead atoms. The first-order chi connectivity index (χ1) is 11.8. The van der Waals surface area contributed by atoms with Gasteiger partial charge in [0.25, 0.3) is 5.91 Å². The van der Waals surface area contributed by atoms with E-state index in [1.165, 1.54) is 12.3 Å². The summed E-state index contributed by atoms with van der Waals surface area (Å²) >= 11 is 0. The zero-order valence-corrected chi connectivity index (χ0v) is 13.1. The van der Waals surface area contributed by atoms with Crippen molar-refractivity contribution in [3.63, 3.8) is 0 Å². The molecule has 7 nitrogen and oxygen atoms in total. The molecular weight excluding hydrogens is 343 g/mol. The first-order valence-corrected chi connectivity index (χ1v) is 7.42. The van der Waals surface area contributed by atoms with E-state index in [1.54, 1.807) is 4.90 Å². The molecule has 1 atom stereocenters. The number of aromatic nitrogens is 2. The maximum absolute atomic E-state index is 12.1. The van der Waals surface area contributed by atoms with Crippen molar-refractivity contribution in [2.45, 2.75) is 32.4 Å². The summed E-state index contributed by atoms with van der Waals surface area (Å²) < 4.78 is 50.3. The highest BCUT2D eigenvalue weighted by atomic mass is 19.4. The second-order valence-corrected chi connectivity index (χ2v) is 5.43. The van der Waals surface area contributed by atoms with Crippen molar-refractivity contribution >= 4 is 5.91 Å². The summed E-state index contributed by atoms with van der Waals surface area (Å²) in [5.41, 5.74) is 0.192. The van der Waals surface area contributed by atoms with Crippen LogP contribution in [0.5, 0.6) is 11.6 Å². The van der Waals surface area contributed by atoms with Gasteiger partial charge in [0.05, 0.1) is 6.20 Å². The van der Waals surface area contributed by atoms with Gasteiger partial charge in [-0.15, -0.1) is 13.2 Å². The second-order valence-electron chi connectivity index (χ2n) is 5.43. The maximum Gasteiger partial charge on any atom is 0.574 e. The van der Waals surface area contributed by atoms with Crippen LogP contribution in [-0.4, -0.2) is 39.7 Å². The molecule has 0 aliphatic carbocycles. The monoisotopic (exact) mass is 357 g/mol. The third-order valence-corrected chi connectivity index (χ3v) is 3.64. The van der Waals surface area contributed by atoms with Crippen LogP contribution in [0.2, 0.25) is 0 Å². The highest BCUT2D eigenvalue weighted by Gasteiger charge is 2.32. The minimum absolute atomic E-state index is 0.0933. The Morgan fingerprint density at radius 1 is 1.44 bits per heavy atom. The SMILES string of the molecule is C[C@H]1CCN1C(=O)c1coc(COc2ccc(OC(F)(F)F)nc2)n1. The van der Waals surface area contributed by atoms with Crippen LogP contribution in [0.3, 0.4) is 0 Å². The first kappa shape index (κ1) is 17.1. The van der Waals surface area contributed by atoms with Crippen LogP contribution >= 0.6 is 0 Å². The van der Waals surface area contributed by atoms with Gasteiger partial charge in [0.2, 0.25) is 11.8 Å². The van der Waals surface area contributed by atoms with E-state index in [0.29, 0.717) is 6.54 Å². The molecule has 1 aliphatic rings. The number of hydrogen-bond donors (Lipinski definition) is 0. The topological polar surface area (TPSA) is 77.7 Å². The number of carbonyl (C=O) groups is 1. The first-order valence-electron chi connectivity index (χ1n) is 7.42. The summed E-state index contributed by atoms with van der Waals surface area (Å²) in [4.78, 5) is 21.3. The van der Waals surface area contributed by atoms with Crippen molar-refractivity contribution in [2.24, 2.45) is 0 Å². The van der Waals surface area contributed by atoms with Gasteiger partial charge in [0.15, 0.2) is 12.3 Å². The number of halogens is 3. The van der Waals surface area contributed by atoms with E-state index in [2.05, 4.69) is 14.7 Å². The highest BCUT2D eigenvalue weighted by Crippen LogP contribution is 2.23. The van der Waals surface area contributed by atoms with Crippen LogP contribution in [0.25, 0.3) is 0 Å². The molecule has 10 heteroatoms. The van der Waals surface area contributed by atoms with Crippen LogP contribution in [0, 0.1) is 0 Å². The molecule has 1 fully saturated rings. The molecule has 134 valence electrons. The van der Waals surface area contributed by atoms with Gasteiger partial charge >= 0.3 is 6.36 Å². The number of pyridine rings is 1. The molecule has 1 amide bonds. The van der Waals surface area contributed by atoms with Crippen molar-refractivity contribution in [3.8, 4) is 11.6 Å². The summed E-state index contributed by atoms with van der Waals surface area (Å²) in [5.74, 6) is -0.416. The van der Waals surface area contributed by atoms with Gasteiger partial charge < -0.3 is 18.8 Å². The smallest absolute Gasteiger partial charge is 0.482 e. The van der Waals surface area contributed by atoms with Crippen LogP contribution in [0.15, 0.2) is 29.0 Å². The van der Waals surface area contributed by atoms with Gasteiger partial charge in [0, 0.05) is 18.7 Å². The van der Waals surface area contributed by atoms with Gasteiger partial charge in [-0.2, -0.15) is 0 Å². The normalized spacial score (nSPS) is 17.1. The van der Waals surface area contributed by atoms with Gasteiger partial charge in [-0.3, -0.25) is 4.79 Å². The quantitative estimate of drug-likeness (QED) is 0.819. The minimum Gasteiger partial charge on any atom is -0.482 e. The number of alkyl halides is 3. The van der Waals surface area contributed by atoms with Crippen molar-refractivity contribution < 1.29 is 31.9 Å². The summed E-state index contributed by atoms with van der Waals surface area (Å²) in [6, 6.07) is 2.48. The molecule has 0 radical (unpaired) electrons. The number of hydrogen-bond acceptors (Lipinski definition) is 6. The fourth-order valence-corrected chi connectivity index (χ4v) is 2.22. The molecule has 0 spiro atoms. The Bertz CT molecular complexity index is 745. The molecule has 3 rings (SSSR count). The average molecular weight is 357 g/mol. The largest absolute Gasteiger partial charge is 0.574 e. The Balaban J connectivity index is 1.54. The standard InChI is InChI=1S/C15H14F3N3O4/c1-9-4-5-21(9)14(22)11-7-24-13(20-11)8-23-10-2-3-12(19-6-10)25-15(16,17)18/h2-3,6-7,9H,4-5,8H2,1H3/t9-/m0/s1. The Morgan fingerprint density at radius 3 is 2.80 bits per heavy atom. The maximum atomic E-state index is 12.1. The molecule has 1 saturated heterocycles. The van der Waals surface area contributed by atoms with E-state index in [-0.39, 0.29) is 35.9 Å². The zero-order valence-electron chi connectivity index (χ0n) is 13.1. The van der Waals surface area contributed by atoms with E-state index in [0.717, 1.165) is 18.7 Å². The third-order valence-electron chi connectivity index (χ3n) is 3.64. The van der Waals surface area contributed by atoms with Crippen molar-refractivity contribution in [1.29, 1.82) is 0 Å². The summed E-state index contributed by atoms with van der Waals surface area (Å²) in [5, 5.41) is 0. The number of nitrogens with zero attached hydrogens (tertiary/aromatic N) is 3. The average Bonchev–Trinajstić information content (AvgIpc) is 3.00. The lowest BCUT2D eigenvalue weighted by atomic mass is 10.1. The molecule has 2 aromatic rings. The van der Waals surface area contributed by atoms with E-state index >= 15 is 0 Å². The minimum atomic E-state index is -4.80. The summed E-state index contributed by atoms with van der Waals surface area (Å²) in [6.45, 7) is 2.55. The Morgan fingerprint density at radius 2 is 2.24 bits per heavy atom. The lowest BCUT2D eigenvalue weighted by Gasteiger charge is -2.38. The highest BCUT2D eigenvalue weighted by molar-refractivity contribution is 5.92. The molecular formula is C15H14F3N3O4. The van der Waals surface area contributed by atoms with Crippen LogP contribution in [-0.2, 0) is 6.61 Å². The fraction of sp³-hybridized carbons (Fsp3) is 0.400. The van der Waals surface area contributed by atoms with E-state index < -0.39 is 12.2 Å². The molecule has 0 saturated carbocycles. The molecule has 0 aromatic carbocycles. The van der Waals surface area contributed by atoms with E-state index in [1.807, 2.05) is 6.92 Å². The molecule has 0 N–H and O–H groups in total. The number of amides is 1. The molecule has 1 aliphatic heterocycles. The van der Waals surface area contributed by atoms with Crippen LogP contribution in [0.1, 0.15) is 29.7 Å². The van der Waals surface area contributed by atoms with Gasteiger partial charge in [-0.25, -0.2) is 9.97 Å². The number of rotatable bonds is 5. The number of ether oxygens (including phenoxy) is 2. The van der Waals surface area contributed by atoms with Crippen molar-refractivity contribution in [1.82, 2.24) is 14.9 Å². The predicted molar refractivity (Wildman–Crippen MR) is 76.9 cm³/mol. The van der Waals surface area contributed by atoms with Crippen molar-refractivity contribution in [3.05, 3.63) is 36.2 Å². The van der Waals surface area contributed by atoms with Gasteiger partial charge in [-0.1, -0.05) is 0 Å². The van der Waals surface area contributed by atoms with E-state index in [4.69, 9.17) is 9.15 Å². The lowest BCUT2D eigenvalue weighted by Crippen LogP contribution is -2.49. The molecule has 0 unspecified atom stereocenters. The molecule has 2 aromatic heterocycles. The molecule has 3 heterocycles. The van der Waals surface area contributed by atoms with Crippen LogP contribution < -0.4 is 9.47 Å². The number of oxazole rings is 1. The molecule has 25 heavy (non-hydrogen) atoms. The van der Waals surface area contributed by atoms with E-state index in [9.17, 15) is 18.0 Å². The predicted octanol–water partition coefficient (Wildman–Crippen LogP) is 2.78. The van der Waals surface area contributed by atoms with Gasteiger partial charge in [0.1, 0.15) is 12.0 Å². The Labute approximate surface area is 140 Å². The Hall–Kier alpha value is -2.78. The van der Waals surface area contributed by atoms with Crippen molar-refractivity contribution in [2.75, 3.05) is 6.54 Å². The summed E-state index contributed by atoms with van der Waals surface area (Å²) in [7, 11) is 0. The fourth-order valence-electron chi connectivity index (χ4n) is 2.22. The van der Waals surface area contributed by atoms with Gasteiger partial charge in [-0.05, 0) is 19.4 Å². The van der Waals surface area contributed by atoms with Crippen LogP contribution in [0.4, 0.5) is 13.2 Å². The third kappa shape index (κ3) is 4.20. The Kier molecular flexibility index (Phi) is 4.51. The zero-order chi connectivity index (χ0) is 18.0. The lowest BCUT2D eigenvalue weighted by molar-refractivity contribution is -0.276. The number of carbonyl (C=O) groups excluding carboxylic acids is 1. The summed E-state index contributed by atoms with van der Waals surface area (Å²) in [6.07, 6.45) is -1.51.